The van der Waals surface area contributed by atoms with Gasteiger partial charge in [-0.3, -0.25) is 0 Å². The number of amides is 1. The quantitative estimate of drug-likeness (QED) is 0.353. The number of hydrogen-bond donors (Lipinski definition) is 0. The molecule has 1 amide bonds. The van der Waals surface area contributed by atoms with E-state index in [4.69, 9.17) is 4.33 Å². The fourth-order valence-electron chi connectivity index (χ4n) is 1.69. The number of nitrogens with zero attached hydrogens (tertiary/aromatic N) is 4. The summed E-state index contributed by atoms with van der Waals surface area (Å²) in [7, 11) is 1.47. The highest BCUT2D eigenvalue weighted by Gasteiger charge is 2.23. The maximum absolute atomic E-state index is 12.1. The van der Waals surface area contributed by atoms with Crippen molar-refractivity contribution in [3.8, 4) is 0 Å². The zero-order chi connectivity index (χ0) is 13.0. The van der Waals surface area contributed by atoms with Crippen LogP contribution in [0.5, 0.6) is 0 Å². The highest BCUT2D eigenvalue weighted by Crippen LogP contribution is 2.15. The molecule has 1 aromatic rings. The van der Waals surface area contributed by atoms with E-state index >= 15 is 0 Å². The first-order valence-electron chi connectivity index (χ1n) is 5.63. The van der Waals surface area contributed by atoms with Gasteiger partial charge < -0.3 is 4.90 Å². The number of carbonyl (C=O) groups is 1. The molecule has 0 bridgehead atoms. The Morgan fingerprint density at radius 3 is 2.67 bits per heavy atom. The van der Waals surface area contributed by atoms with Gasteiger partial charge in [0.1, 0.15) is 12.2 Å². The van der Waals surface area contributed by atoms with Crippen LogP contribution < -0.4 is 0 Å². The summed E-state index contributed by atoms with van der Waals surface area (Å²) >= 11 is 1.16. The van der Waals surface area contributed by atoms with E-state index in [1.54, 1.807) is 17.3 Å². The molecule has 0 aromatic carbocycles. The van der Waals surface area contributed by atoms with Gasteiger partial charge in [-0.15, -0.1) is 4.33 Å². The molecular formula is C10H16N4O3S. The highest BCUT2D eigenvalue weighted by molar-refractivity contribution is 7.92. The molecule has 2 heterocycles. The van der Waals surface area contributed by atoms with Crippen LogP contribution in [0.3, 0.4) is 0 Å². The SMILES string of the molecule is COOSN1CCN(C(=O)n2cc(C)cn2)CC1. The van der Waals surface area contributed by atoms with Crippen molar-refractivity contribution in [2.75, 3.05) is 33.3 Å². The molecule has 0 radical (unpaired) electrons. The van der Waals surface area contributed by atoms with Crippen molar-refractivity contribution in [2.45, 2.75) is 6.92 Å². The lowest BCUT2D eigenvalue weighted by Crippen LogP contribution is -2.47. The van der Waals surface area contributed by atoms with Crippen LogP contribution in [-0.4, -0.2) is 58.3 Å². The lowest BCUT2D eigenvalue weighted by atomic mass is 10.4. The summed E-state index contributed by atoms with van der Waals surface area (Å²) in [5.41, 5.74) is 0.978. The first kappa shape index (κ1) is 13.3. The number of carbonyl (C=O) groups excluding carboxylic acids is 1. The smallest absolute Gasteiger partial charge is 0.320 e. The first-order valence-corrected chi connectivity index (χ1v) is 6.33. The molecule has 8 heteroatoms. The maximum Gasteiger partial charge on any atom is 0.344 e. The molecule has 0 spiro atoms. The summed E-state index contributed by atoms with van der Waals surface area (Å²) in [6.45, 7) is 4.68. The van der Waals surface area contributed by atoms with E-state index in [1.165, 1.54) is 11.8 Å². The summed E-state index contributed by atoms with van der Waals surface area (Å²) in [6, 6.07) is -0.0830. The van der Waals surface area contributed by atoms with Gasteiger partial charge in [0.25, 0.3) is 0 Å². The third kappa shape index (κ3) is 3.22. The predicted molar refractivity (Wildman–Crippen MR) is 66.6 cm³/mol. The topological polar surface area (TPSA) is 59.8 Å². The summed E-state index contributed by atoms with van der Waals surface area (Å²) in [5.74, 6) is 0. The fourth-order valence-corrected chi connectivity index (χ4v) is 2.15. The largest absolute Gasteiger partial charge is 0.344 e. The molecule has 1 saturated heterocycles. The second-order valence-electron chi connectivity index (χ2n) is 3.97. The minimum atomic E-state index is -0.0830. The molecule has 1 aromatic heterocycles. The van der Waals surface area contributed by atoms with E-state index in [2.05, 4.69) is 9.99 Å². The van der Waals surface area contributed by atoms with Crippen LogP contribution in [0.1, 0.15) is 5.56 Å². The van der Waals surface area contributed by atoms with E-state index in [0.717, 1.165) is 30.9 Å². The predicted octanol–water partition coefficient (Wildman–Crippen LogP) is 0.918. The zero-order valence-electron chi connectivity index (χ0n) is 10.4. The van der Waals surface area contributed by atoms with E-state index in [-0.39, 0.29) is 6.03 Å². The van der Waals surface area contributed by atoms with Crippen molar-refractivity contribution in [3.63, 3.8) is 0 Å². The van der Waals surface area contributed by atoms with Gasteiger partial charge in [0.05, 0.1) is 13.3 Å². The van der Waals surface area contributed by atoms with Crippen LogP contribution >= 0.6 is 12.2 Å². The molecule has 1 aliphatic rings. The Balaban J connectivity index is 1.84. The van der Waals surface area contributed by atoms with Crippen LogP contribution in [0.2, 0.25) is 0 Å². The second kappa shape index (κ2) is 6.19. The lowest BCUT2D eigenvalue weighted by molar-refractivity contribution is -0.163. The van der Waals surface area contributed by atoms with Gasteiger partial charge in [-0.25, -0.2) is 14.0 Å². The molecule has 1 fully saturated rings. The van der Waals surface area contributed by atoms with Crippen LogP contribution in [-0.2, 0) is 9.22 Å². The summed E-state index contributed by atoms with van der Waals surface area (Å²) in [6.07, 6.45) is 3.41. The van der Waals surface area contributed by atoms with Crippen molar-refractivity contribution in [2.24, 2.45) is 0 Å². The molecule has 0 aliphatic carbocycles. The van der Waals surface area contributed by atoms with Crippen LogP contribution in [0.4, 0.5) is 4.79 Å². The highest BCUT2D eigenvalue weighted by atomic mass is 32.2. The Morgan fingerprint density at radius 1 is 1.39 bits per heavy atom. The van der Waals surface area contributed by atoms with Crippen molar-refractivity contribution < 1.29 is 14.0 Å². The second-order valence-corrected chi connectivity index (χ2v) is 4.77. The molecule has 100 valence electrons. The molecule has 2 rings (SSSR count). The molecule has 7 nitrogen and oxygen atoms in total. The number of aromatic nitrogens is 2. The number of piperazine rings is 1. The van der Waals surface area contributed by atoms with Crippen LogP contribution in [0, 0.1) is 6.92 Å². The van der Waals surface area contributed by atoms with Gasteiger partial charge in [0.15, 0.2) is 0 Å². The van der Waals surface area contributed by atoms with Gasteiger partial charge in [-0.05, 0) is 12.5 Å². The van der Waals surface area contributed by atoms with Gasteiger partial charge in [0.2, 0.25) is 0 Å². The molecule has 0 saturated carbocycles. The van der Waals surface area contributed by atoms with E-state index < -0.39 is 0 Å². The summed E-state index contributed by atoms with van der Waals surface area (Å²) < 4.78 is 8.16. The summed E-state index contributed by atoms with van der Waals surface area (Å²) in [4.78, 5) is 18.4. The maximum atomic E-state index is 12.1. The average molecular weight is 272 g/mol. The minimum absolute atomic E-state index is 0.0830. The van der Waals surface area contributed by atoms with E-state index in [9.17, 15) is 4.79 Å². The van der Waals surface area contributed by atoms with E-state index in [0.29, 0.717) is 13.1 Å². The van der Waals surface area contributed by atoms with Crippen LogP contribution in [0.25, 0.3) is 0 Å². The number of aryl methyl sites for hydroxylation is 1. The minimum Gasteiger partial charge on any atom is -0.320 e. The van der Waals surface area contributed by atoms with Crippen molar-refractivity contribution >= 4 is 18.3 Å². The monoisotopic (exact) mass is 272 g/mol. The molecular weight excluding hydrogens is 256 g/mol. The number of rotatable bonds is 3. The van der Waals surface area contributed by atoms with Crippen LogP contribution in [0.15, 0.2) is 12.4 Å². The van der Waals surface area contributed by atoms with Crippen molar-refractivity contribution in [3.05, 3.63) is 18.0 Å². The van der Waals surface area contributed by atoms with Gasteiger partial charge in [-0.1, -0.05) is 0 Å². The first-order chi connectivity index (χ1) is 8.70. The Kier molecular flexibility index (Phi) is 4.59. The third-order valence-corrected chi connectivity index (χ3v) is 3.39. The van der Waals surface area contributed by atoms with Crippen molar-refractivity contribution in [1.29, 1.82) is 0 Å². The molecule has 18 heavy (non-hydrogen) atoms. The molecule has 0 N–H and O–H groups in total. The third-order valence-electron chi connectivity index (χ3n) is 2.62. The van der Waals surface area contributed by atoms with Crippen molar-refractivity contribution in [1.82, 2.24) is 19.0 Å². The normalized spacial score (nSPS) is 17.1. The van der Waals surface area contributed by atoms with Gasteiger partial charge >= 0.3 is 6.03 Å². The Morgan fingerprint density at radius 2 is 2.11 bits per heavy atom. The molecule has 1 aliphatic heterocycles. The number of hydrogen-bond acceptors (Lipinski definition) is 6. The Hall–Kier alpha value is -1.09. The summed E-state index contributed by atoms with van der Waals surface area (Å²) in [5, 5.41) is 4.02. The fraction of sp³-hybridized carbons (Fsp3) is 0.600. The molecule has 0 atom stereocenters. The average Bonchev–Trinajstić information content (AvgIpc) is 2.83. The molecule has 0 unspecified atom stereocenters. The van der Waals surface area contributed by atoms with Gasteiger partial charge in [-0.2, -0.15) is 9.78 Å². The lowest BCUT2D eigenvalue weighted by Gasteiger charge is -2.32. The van der Waals surface area contributed by atoms with Gasteiger partial charge in [0, 0.05) is 32.4 Å². The Bertz CT molecular complexity index is 404. The zero-order valence-corrected chi connectivity index (χ0v) is 11.2. The standard InChI is InChI=1S/C10H16N4O3S/c1-9-7-11-14(8-9)10(15)12-3-5-13(6-4-12)18-17-16-2/h7-8H,3-6H2,1-2H3. The van der Waals surface area contributed by atoms with E-state index in [1.807, 2.05) is 11.2 Å². The Labute approximate surface area is 110 Å².